The lowest BCUT2D eigenvalue weighted by Gasteiger charge is -2.12. The molecule has 2 aromatic carbocycles. The average Bonchev–Trinajstić information content (AvgIpc) is 3.14. The average molecular weight is 349 g/mol. The maximum Gasteiger partial charge on any atom is 0.258 e. The first-order valence-corrected chi connectivity index (χ1v) is 8.92. The molecule has 0 saturated heterocycles. The molecule has 0 unspecified atom stereocenters. The van der Waals surface area contributed by atoms with E-state index in [-0.39, 0.29) is 11.8 Å². The summed E-state index contributed by atoms with van der Waals surface area (Å²) in [7, 11) is 0. The normalized spacial score (nSPS) is 10.9. The minimum Gasteiger partial charge on any atom is -0.334 e. The zero-order chi connectivity index (χ0) is 18.5. The highest BCUT2D eigenvalue weighted by Crippen LogP contribution is 2.24. The molecule has 0 atom stereocenters. The molecule has 1 heterocycles. The molecule has 0 radical (unpaired) electrons. The van der Waals surface area contributed by atoms with Crippen LogP contribution in [0, 0.1) is 12.8 Å². The number of carbonyl (C=O) groups excluding carboxylic acids is 1. The summed E-state index contributed by atoms with van der Waals surface area (Å²) < 4.78 is 5.38. The fourth-order valence-electron chi connectivity index (χ4n) is 2.76. The van der Waals surface area contributed by atoms with Gasteiger partial charge in [-0.25, -0.2) is 0 Å². The smallest absolute Gasteiger partial charge is 0.258 e. The first-order chi connectivity index (χ1) is 12.6. The van der Waals surface area contributed by atoms with Crippen molar-refractivity contribution in [1.29, 1.82) is 0 Å². The first kappa shape index (κ1) is 17.9. The van der Waals surface area contributed by atoms with Gasteiger partial charge in [0.05, 0.1) is 0 Å². The van der Waals surface area contributed by atoms with Gasteiger partial charge in [0.1, 0.15) is 0 Å². The van der Waals surface area contributed by atoms with Crippen molar-refractivity contribution in [2.45, 2.75) is 33.6 Å². The van der Waals surface area contributed by atoms with Gasteiger partial charge in [-0.2, -0.15) is 4.98 Å². The van der Waals surface area contributed by atoms with E-state index in [0.29, 0.717) is 11.7 Å². The number of anilines is 1. The molecule has 5 nitrogen and oxygen atoms in total. The molecule has 3 rings (SSSR count). The fourth-order valence-corrected chi connectivity index (χ4v) is 2.76. The Kier molecular flexibility index (Phi) is 5.46. The second-order valence-electron chi connectivity index (χ2n) is 6.37. The van der Waals surface area contributed by atoms with Gasteiger partial charge in [-0.3, -0.25) is 4.79 Å². The lowest BCUT2D eigenvalue weighted by molar-refractivity contribution is -0.120. The van der Waals surface area contributed by atoms with Gasteiger partial charge < -0.3 is 9.84 Å². The molecule has 0 bridgehead atoms. The van der Waals surface area contributed by atoms with Crippen LogP contribution in [0.3, 0.4) is 0 Å². The van der Waals surface area contributed by atoms with Crippen molar-refractivity contribution < 1.29 is 9.32 Å². The van der Waals surface area contributed by atoms with Gasteiger partial charge in [0.25, 0.3) is 5.89 Å². The fraction of sp³-hybridized carbons (Fsp3) is 0.286. The standard InChI is InChI=1S/C21H23N3O2/c1-4-15(5-2)20(25)22-18-12-10-17(11-13-18)21-23-19(24-26-21)16-8-6-14(3)7-9-16/h6-13,15H,4-5H2,1-3H3,(H,22,25). The number of nitrogens with one attached hydrogen (secondary N) is 1. The van der Waals surface area contributed by atoms with Gasteiger partial charge >= 0.3 is 0 Å². The Bertz CT molecular complexity index is 863. The van der Waals surface area contributed by atoms with Crippen molar-refractivity contribution in [3.8, 4) is 22.8 Å². The maximum atomic E-state index is 12.2. The molecule has 0 fully saturated rings. The summed E-state index contributed by atoms with van der Waals surface area (Å²) in [6.07, 6.45) is 1.67. The largest absolute Gasteiger partial charge is 0.334 e. The highest BCUT2D eigenvalue weighted by atomic mass is 16.5. The SMILES string of the molecule is CCC(CC)C(=O)Nc1ccc(-c2nc(-c3ccc(C)cc3)no2)cc1. The van der Waals surface area contributed by atoms with Gasteiger partial charge in [0.15, 0.2) is 0 Å². The molecule has 3 aromatic rings. The Hall–Kier alpha value is -2.95. The number of rotatable bonds is 6. The van der Waals surface area contributed by atoms with E-state index in [0.717, 1.165) is 29.7 Å². The van der Waals surface area contributed by atoms with Crippen LogP contribution in [0.25, 0.3) is 22.8 Å². The third-order valence-corrected chi connectivity index (χ3v) is 4.49. The number of hydrogen-bond acceptors (Lipinski definition) is 4. The summed E-state index contributed by atoms with van der Waals surface area (Å²) in [6.45, 7) is 6.09. The zero-order valence-corrected chi connectivity index (χ0v) is 15.3. The van der Waals surface area contributed by atoms with Crippen LogP contribution in [0.5, 0.6) is 0 Å². The number of aromatic nitrogens is 2. The Morgan fingerprint density at radius 2 is 1.62 bits per heavy atom. The predicted molar refractivity (Wildman–Crippen MR) is 103 cm³/mol. The van der Waals surface area contributed by atoms with Crippen LogP contribution in [0.1, 0.15) is 32.3 Å². The Balaban J connectivity index is 1.73. The van der Waals surface area contributed by atoms with Crippen molar-refractivity contribution in [3.05, 3.63) is 54.1 Å². The van der Waals surface area contributed by atoms with Gasteiger partial charge in [-0.15, -0.1) is 0 Å². The van der Waals surface area contributed by atoms with Crippen LogP contribution in [0.4, 0.5) is 5.69 Å². The summed E-state index contributed by atoms with van der Waals surface area (Å²) >= 11 is 0. The minimum absolute atomic E-state index is 0.0442. The number of amides is 1. The van der Waals surface area contributed by atoms with E-state index in [1.54, 1.807) is 0 Å². The third kappa shape index (κ3) is 3.99. The monoisotopic (exact) mass is 349 g/mol. The highest BCUT2D eigenvalue weighted by molar-refractivity contribution is 5.92. The van der Waals surface area contributed by atoms with Crippen molar-refractivity contribution in [3.63, 3.8) is 0 Å². The lowest BCUT2D eigenvalue weighted by atomic mass is 10.0. The predicted octanol–water partition coefficient (Wildman–Crippen LogP) is 5.09. The minimum atomic E-state index is 0.0442. The molecule has 1 aromatic heterocycles. The number of aryl methyl sites for hydroxylation is 1. The Labute approximate surface area is 153 Å². The molecule has 134 valence electrons. The van der Waals surface area contributed by atoms with Crippen LogP contribution in [-0.2, 0) is 4.79 Å². The molecule has 26 heavy (non-hydrogen) atoms. The molecule has 1 amide bonds. The Morgan fingerprint density at radius 1 is 1.00 bits per heavy atom. The zero-order valence-electron chi connectivity index (χ0n) is 15.3. The van der Waals surface area contributed by atoms with Crippen LogP contribution in [-0.4, -0.2) is 16.0 Å². The van der Waals surface area contributed by atoms with Gasteiger partial charge in [-0.05, 0) is 44.0 Å². The van der Waals surface area contributed by atoms with Crippen molar-refractivity contribution in [2.24, 2.45) is 5.92 Å². The van der Waals surface area contributed by atoms with Gasteiger partial charge in [0.2, 0.25) is 11.7 Å². The van der Waals surface area contributed by atoms with E-state index in [9.17, 15) is 4.79 Å². The molecular formula is C21H23N3O2. The quantitative estimate of drug-likeness (QED) is 0.673. The first-order valence-electron chi connectivity index (χ1n) is 8.92. The third-order valence-electron chi connectivity index (χ3n) is 4.49. The van der Waals surface area contributed by atoms with E-state index in [1.165, 1.54) is 5.56 Å². The molecule has 5 heteroatoms. The van der Waals surface area contributed by atoms with Crippen LogP contribution >= 0.6 is 0 Å². The van der Waals surface area contributed by atoms with E-state index in [4.69, 9.17) is 4.52 Å². The number of hydrogen-bond donors (Lipinski definition) is 1. The lowest BCUT2D eigenvalue weighted by Crippen LogP contribution is -2.21. The summed E-state index contributed by atoms with van der Waals surface area (Å²) in [5.74, 6) is 1.12. The molecule has 0 aliphatic rings. The molecule has 0 aliphatic heterocycles. The van der Waals surface area contributed by atoms with Crippen LogP contribution < -0.4 is 5.32 Å². The Morgan fingerprint density at radius 3 is 2.23 bits per heavy atom. The topological polar surface area (TPSA) is 68.0 Å². The molecule has 0 spiro atoms. The van der Waals surface area contributed by atoms with Crippen molar-refractivity contribution in [1.82, 2.24) is 10.1 Å². The summed E-state index contributed by atoms with van der Waals surface area (Å²) in [6, 6.07) is 15.4. The summed E-state index contributed by atoms with van der Waals surface area (Å²) in [5.41, 5.74) is 3.68. The van der Waals surface area contributed by atoms with Crippen LogP contribution in [0.15, 0.2) is 53.1 Å². The van der Waals surface area contributed by atoms with Crippen molar-refractivity contribution in [2.75, 3.05) is 5.32 Å². The second kappa shape index (κ2) is 7.95. The molecule has 1 N–H and O–H groups in total. The van der Waals surface area contributed by atoms with E-state index >= 15 is 0 Å². The van der Waals surface area contributed by atoms with Gasteiger partial charge in [-0.1, -0.05) is 48.8 Å². The number of nitrogens with zero attached hydrogens (tertiary/aromatic N) is 2. The van der Waals surface area contributed by atoms with Crippen molar-refractivity contribution >= 4 is 11.6 Å². The van der Waals surface area contributed by atoms with E-state index in [2.05, 4.69) is 15.5 Å². The number of benzene rings is 2. The molecular weight excluding hydrogens is 326 g/mol. The molecule has 0 saturated carbocycles. The highest BCUT2D eigenvalue weighted by Gasteiger charge is 2.15. The summed E-state index contributed by atoms with van der Waals surface area (Å²) in [4.78, 5) is 16.6. The van der Waals surface area contributed by atoms with Crippen LogP contribution in [0.2, 0.25) is 0 Å². The van der Waals surface area contributed by atoms with Gasteiger partial charge in [0, 0.05) is 22.7 Å². The molecule has 0 aliphatic carbocycles. The maximum absolute atomic E-state index is 12.2. The second-order valence-corrected chi connectivity index (χ2v) is 6.37. The summed E-state index contributed by atoms with van der Waals surface area (Å²) in [5, 5.41) is 7.01. The van der Waals surface area contributed by atoms with E-state index in [1.807, 2.05) is 69.3 Å². The van der Waals surface area contributed by atoms with E-state index < -0.39 is 0 Å². The number of carbonyl (C=O) groups is 1.